The SMILES string of the molecule is COC(=O)[C@H](C)NC(=O)CNC(=O)Cn1cc2ccccc2n1. The molecule has 0 radical (unpaired) electrons. The molecule has 1 aromatic heterocycles. The lowest BCUT2D eigenvalue weighted by atomic mass is 10.3. The van der Waals surface area contributed by atoms with E-state index in [4.69, 9.17) is 0 Å². The Bertz CT molecular complexity index is 692. The summed E-state index contributed by atoms with van der Waals surface area (Å²) in [5.74, 6) is -1.37. The summed E-state index contributed by atoms with van der Waals surface area (Å²) >= 11 is 0. The molecule has 8 nitrogen and oxygen atoms in total. The van der Waals surface area contributed by atoms with Crippen LogP contribution < -0.4 is 10.6 Å². The first-order chi connectivity index (χ1) is 11.0. The number of rotatable bonds is 6. The molecule has 1 atom stereocenters. The molecule has 0 bridgehead atoms. The Labute approximate surface area is 132 Å². The molecule has 0 aliphatic carbocycles. The smallest absolute Gasteiger partial charge is 0.328 e. The highest BCUT2D eigenvalue weighted by atomic mass is 16.5. The van der Waals surface area contributed by atoms with Crippen molar-refractivity contribution in [3.63, 3.8) is 0 Å². The second kappa shape index (κ2) is 7.39. The summed E-state index contributed by atoms with van der Waals surface area (Å²) in [7, 11) is 1.24. The summed E-state index contributed by atoms with van der Waals surface area (Å²) in [5, 5.41) is 10.1. The number of nitrogens with zero attached hydrogens (tertiary/aromatic N) is 2. The number of benzene rings is 1. The van der Waals surface area contributed by atoms with Crippen LogP contribution >= 0.6 is 0 Å². The second-order valence-corrected chi connectivity index (χ2v) is 4.97. The lowest BCUT2D eigenvalue weighted by Crippen LogP contribution is -2.44. The third-order valence-corrected chi connectivity index (χ3v) is 3.14. The molecule has 2 aromatic rings. The van der Waals surface area contributed by atoms with E-state index in [2.05, 4.69) is 20.5 Å². The largest absolute Gasteiger partial charge is 0.467 e. The van der Waals surface area contributed by atoms with Gasteiger partial charge in [0.1, 0.15) is 12.6 Å². The molecule has 1 aromatic carbocycles. The standard InChI is InChI=1S/C15H18N4O4/c1-10(15(22)23-2)17-13(20)7-16-14(21)9-19-8-11-5-3-4-6-12(11)18-19/h3-6,8,10H,7,9H2,1-2H3,(H,16,21)(H,17,20)/t10-/m0/s1. The molecule has 0 aliphatic heterocycles. The molecular weight excluding hydrogens is 300 g/mol. The maximum Gasteiger partial charge on any atom is 0.328 e. The Morgan fingerprint density at radius 1 is 1.26 bits per heavy atom. The van der Waals surface area contributed by atoms with Crippen LogP contribution in [0.2, 0.25) is 0 Å². The molecule has 2 rings (SSSR count). The summed E-state index contributed by atoms with van der Waals surface area (Å²) in [4.78, 5) is 34.6. The Kier molecular flexibility index (Phi) is 5.29. The van der Waals surface area contributed by atoms with Gasteiger partial charge in [0.05, 0.1) is 19.2 Å². The highest BCUT2D eigenvalue weighted by molar-refractivity contribution is 5.88. The predicted molar refractivity (Wildman–Crippen MR) is 82.4 cm³/mol. The van der Waals surface area contributed by atoms with Crippen LogP contribution in [0.25, 0.3) is 10.9 Å². The third kappa shape index (κ3) is 4.53. The number of methoxy groups -OCH3 is 1. The fraction of sp³-hybridized carbons (Fsp3) is 0.333. The number of ether oxygens (including phenoxy) is 1. The van der Waals surface area contributed by atoms with Gasteiger partial charge < -0.3 is 15.4 Å². The van der Waals surface area contributed by atoms with Crippen molar-refractivity contribution >= 4 is 28.7 Å². The maximum absolute atomic E-state index is 11.8. The molecule has 0 aliphatic rings. The van der Waals surface area contributed by atoms with Crippen molar-refractivity contribution in [2.75, 3.05) is 13.7 Å². The van der Waals surface area contributed by atoms with Gasteiger partial charge in [-0.15, -0.1) is 0 Å². The molecule has 2 N–H and O–H groups in total. The zero-order chi connectivity index (χ0) is 16.8. The monoisotopic (exact) mass is 318 g/mol. The summed E-state index contributed by atoms with van der Waals surface area (Å²) in [6.07, 6.45) is 1.76. The zero-order valence-corrected chi connectivity index (χ0v) is 12.9. The van der Waals surface area contributed by atoms with Crippen LogP contribution in [0.4, 0.5) is 0 Å². The van der Waals surface area contributed by atoms with Crippen LogP contribution in [-0.2, 0) is 25.7 Å². The number of nitrogens with one attached hydrogen (secondary N) is 2. The van der Waals surface area contributed by atoms with Crippen LogP contribution in [-0.4, -0.2) is 47.3 Å². The van der Waals surface area contributed by atoms with Crippen LogP contribution in [0.15, 0.2) is 30.5 Å². The van der Waals surface area contributed by atoms with Crippen molar-refractivity contribution in [1.82, 2.24) is 20.4 Å². The number of fused-ring (bicyclic) bond motifs is 1. The first-order valence-corrected chi connectivity index (χ1v) is 7.05. The highest BCUT2D eigenvalue weighted by Gasteiger charge is 2.16. The Morgan fingerprint density at radius 3 is 2.70 bits per heavy atom. The molecule has 0 saturated carbocycles. The van der Waals surface area contributed by atoms with E-state index in [1.807, 2.05) is 24.3 Å². The lowest BCUT2D eigenvalue weighted by Gasteiger charge is -2.11. The van der Waals surface area contributed by atoms with Gasteiger partial charge in [0, 0.05) is 11.6 Å². The average Bonchev–Trinajstić information content (AvgIpc) is 2.94. The van der Waals surface area contributed by atoms with Gasteiger partial charge in [0.15, 0.2) is 0 Å². The van der Waals surface area contributed by atoms with Crippen LogP contribution in [0.1, 0.15) is 6.92 Å². The second-order valence-electron chi connectivity index (χ2n) is 4.97. The number of carbonyl (C=O) groups excluding carboxylic acids is 3. The molecule has 0 saturated heterocycles. The normalized spacial score (nSPS) is 11.7. The minimum Gasteiger partial charge on any atom is -0.467 e. The zero-order valence-electron chi connectivity index (χ0n) is 12.9. The molecule has 8 heteroatoms. The molecule has 0 fully saturated rings. The van der Waals surface area contributed by atoms with Crippen LogP contribution in [0.5, 0.6) is 0 Å². The number of esters is 1. The first kappa shape index (κ1) is 16.5. The molecule has 122 valence electrons. The minimum absolute atomic E-state index is 0.00845. The molecule has 2 amide bonds. The Hall–Kier alpha value is -2.90. The Morgan fingerprint density at radius 2 is 2.00 bits per heavy atom. The van der Waals surface area contributed by atoms with Gasteiger partial charge in [0.25, 0.3) is 0 Å². The highest BCUT2D eigenvalue weighted by Crippen LogP contribution is 2.10. The number of amides is 2. The number of carbonyl (C=O) groups is 3. The summed E-state index contributed by atoms with van der Waals surface area (Å²) in [6, 6.07) is 6.75. The van der Waals surface area contributed by atoms with Crippen molar-refractivity contribution in [3.05, 3.63) is 30.5 Å². The molecule has 0 unspecified atom stereocenters. The summed E-state index contributed by atoms with van der Waals surface area (Å²) < 4.78 is 6.00. The van der Waals surface area contributed by atoms with Gasteiger partial charge in [-0.05, 0) is 13.0 Å². The van der Waals surface area contributed by atoms with Gasteiger partial charge in [-0.1, -0.05) is 18.2 Å². The maximum atomic E-state index is 11.8. The summed E-state index contributed by atoms with van der Waals surface area (Å²) in [5.41, 5.74) is 0.796. The van der Waals surface area contributed by atoms with E-state index in [1.54, 1.807) is 6.20 Å². The lowest BCUT2D eigenvalue weighted by molar-refractivity contribution is -0.144. The fourth-order valence-electron chi connectivity index (χ4n) is 2.01. The predicted octanol–water partition coefficient (Wildman–Crippen LogP) is -0.170. The van der Waals surface area contributed by atoms with Crippen molar-refractivity contribution in [2.24, 2.45) is 0 Å². The minimum atomic E-state index is -0.763. The number of hydrogen-bond acceptors (Lipinski definition) is 5. The number of hydrogen-bond donors (Lipinski definition) is 2. The van der Waals surface area contributed by atoms with E-state index in [0.717, 1.165) is 10.9 Å². The fourth-order valence-corrected chi connectivity index (χ4v) is 2.01. The third-order valence-electron chi connectivity index (χ3n) is 3.14. The molecular formula is C15H18N4O4. The van der Waals surface area contributed by atoms with Crippen molar-refractivity contribution in [2.45, 2.75) is 19.5 Å². The Balaban J connectivity index is 1.80. The van der Waals surface area contributed by atoms with E-state index in [0.29, 0.717) is 0 Å². The quantitative estimate of drug-likeness (QED) is 0.720. The van der Waals surface area contributed by atoms with E-state index < -0.39 is 17.9 Å². The average molecular weight is 318 g/mol. The molecule has 23 heavy (non-hydrogen) atoms. The molecule has 0 spiro atoms. The van der Waals surface area contributed by atoms with E-state index >= 15 is 0 Å². The first-order valence-electron chi connectivity index (χ1n) is 7.05. The van der Waals surface area contributed by atoms with E-state index in [9.17, 15) is 14.4 Å². The van der Waals surface area contributed by atoms with Crippen LogP contribution in [0, 0.1) is 0 Å². The van der Waals surface area contributed by atoms with Gasteiger partial charge in [0.2, 0.25) is 11.8 Å². The van der Waals surface area contributed by atoms with Gasteiger partial charge >= 0.3 is 5.97 Å². The van der Waals surface area contributed by atoms with Crippen molar-refractivity contribution in [1.29, 1.82) is 0 Å². The molecule has 1 heterocycles. The van der Waals surface area contributed by atoms with Gasteiger partial charge in [-0.25, -0.2) is 4.79 Å². The van der Waals surface area contributed by atoms with Crippen molar-refractivity contribution in [3.8, 4) is 0 Å². The van der Waals surface area contributed by atoms with Gasteiger partial charge in [-0.2, -0.15) is 5.10 Å². The van der Waals surface area contributed by atoms with Crippen LogP contribution in [0.3, 0.4) is 0 Å². The topological polar surface area (TPSA) is 102 Å². The summed E-state index contributed by atoms with van der Waals surface area (Å²) in [6.45, 7) is 1.29. The number of aromatic nitrogens is 2. The van der Waals surface area contributed by atoms with E-state index in [-0.39, 0.29) is 19.0 Å². The van der Waals surface area contributed by atoms with Gasteiger partial charge in [-0.3, -0.25) is 14.3 Å². The van der Waals surface area contributed by atoms with Crippen molar-refractivity contribution < 1.29 is 19.1 Å². The van der Waals surface area contributed by atoms with E-state index in [1.165, 1.54) is 18.7 Å².